The molecule has 1 aliphatic rings. The third kappa shape index (κ3) is 3.19. The van der Waals surface area contributed by atoms with Gasteiger partial charge in [-0.25, -0.2) is 0 Å². The zero-order valence-corrected chi connectivity index (χ0v) is 12.8. The number of nitrogens with zero attached hydrogens (tertiary/aromatic N) is 3. The fourth-order valence-corrected chi connectivity index (χ4v) is 2.69. The van der Waals surface area contributed by atoms with Crippen LogP contribution in [0.1, 0.15) is 41.1 Å². The summed E-state index contributed by atoms with van der Waals surface area (Å²) in [6.45, 7) is 5.00. The lowest BCUT2D eigenvalue weighted by atomic mass is 10.1. The number of anilines is 1. The standard InChI is InChI=1S/C15H20N4O3/c1-10-14(11(2)22-18-10)15(20)17-12-7-16-19(8-12)9-13-5-3-4-6-21-13/h7-8,13H,3-6,9H2,1-2H3,(H,17,20). The number of carbonyl (C=O) groups is 1. The van der Waals surface area contributed by atoms with Gasteiger partial charge in [0, 0.05) is 12.8 Å². The van der Waals surface area contributed by atoms with Crippen LogP contribution in [0.25, 0.3) is 0 Å². The van der Waals surface area contributed by atoms with Gasteiger partial charge in [-0.05, 0) is 33.1 Å². The number of amides is 1. The van der Waals surface area contributed by atoms with Gasteiger partial charge in [0.2, 0.25) is 0 Å². The fraction of sp³-hybridized carbons (Fsp3) is 0.533. The Labute approximate surface area is 128 Å². The zero-order valence-electron chi connectivity index (χ0n) is 12.8. The highest BCUT2D eigenvalue weighted by Crippen LogP contribution is 2.17. The smallest absolute Gasteiger partial charge is 0.261 e. The Hall–Kier alpha value is -2.15. The average Bonchev–Trinajstić information content (AvgIpc) is 3.07. The second-order valence-corrected chi connectivity index (χ2v) is 5.59. The molecule has 1 N–H and O–H groups in total. The van der Waals surface area contributed by atoms with Crippen molar-refractivity contribution in [3.05, 3.63) is 29.4 Å². The van der Waals surface area contributed by atoms with Crippen LogP contribution in [-0.4, -0.2) is 33.6 Å². The molecule has 3 heterocycles. The molecule has 1 atom stereocenters. The van der Waals surface area contributed by atoms with Gasteiger partial charge in [-0.2, -0.15) is 5.10 Å². The van der Waals surface area contributed by atoms with Crippen molar-refractivity contribution in [3.63, 3.8) is 0 Å². The van der Waals surface area contributed by atoms with Crippen LogP contribution in [0.15, 0.2) is 16.9 Å². The third-order valence-electron chi connectivity index (χ3n) is 3.82. The molecule has 1 fully saturated rings. The molecule has 0 bridgehead atoms. The van der Waals surface area contributed by atoms with Crippen LogP contribution < -0.4 is 5.32 Å². The van der Waals surface area contributed by atoms with E-state index in [1.165, 1.54) is 6.42 Å². The van der Waals surface area contributed by atoms with E-state index in [0.29, 0.717) is 29.2 Å². The summed E-state index contributed by atoms with van der Waals surface area (Å²) in [4.78, 5) is 12.2. The Bertz CT molecular complexity index is 636. The molecule has 0 aliphatic carbocycles. The summed E-state index contributed by atoms with van der Waals surface area (Å²) in [7, 11) is 0. The maximum Gasteiger partial charge on any atom is 0.261 e. The largest absolute Gasteiger partial charge is 0.376 e. The van der Waals surface area contributed by atoms with Crippen LogP contribution in [-0.2, 0) is 11.3 Å². The Morgan fingerprint density at radius 1 is 1.45 bits per heavy atom. The van der Waals surface area contributed by atoms with Gasteiger partial charge in [-0.3, -0.25) is 9.48 Å². The van der Waals surface area contributed by atoms with Gasteiger partial charge in [0.25, 0.3) is 5.91 Å². The van der Waals surface area contributed by atoms with Crippen LogP contribution >= 0.6 is 0 Å². The Kier molecular flexibility index (Phi) is 4.24. The van der Waals surface area contributed by atoms with Crippen LogP contribution in [0.5, 0.6) is 0 Å². The maximum absolute atomic E-state index is 12.2. The summed E-state index contributed by atoms with van der Waals surface area (Å²) in [5.41, 5.74) is 1.71. The lowest BCUT2D eigenvalue weighted by Gasteiger charge is -2.22. The Morgan fingerprint density at radius 3 is 3.00 bits per heavy atom. The predicted molar refractivity (Wildman–Crippen MR) is 79.7 cm³/mol. The number of nitrogens with one attached hydrogen (secondary N) is 1. The van der Waals surface area contributed by atoms with Gasteiger partial charge < -0.3 is 14.6 Å². The van der Waals surface area contributed by atoms with Crippen molar-refractivity contribution in [3.8, 4) is 0 Å². The summed E-state index contributed by atoms with van der Waals surface area (Å²) in [6, 6.07) is 0. The maximum atomic E-state index is 12.2. The van der Waals surface area contributed by atoms with Gasteiger partial charge in [-0.15, -0.1) is 0 Å². The van der Waals surface area contributed by atoms with Crippen LogP contribution in [0.3, 0.4) is 0 Å². The molecule has 7 heteroatoms. The van der Waals surface area contributed by atoms with E-state index in [4.69, 9.17) is 9.26 Å². The van der Waals surface area contributed by atoms with Gasteiger partial charge >= 0.3 is 0 Å². The molecule has 3 rings (SSSR count). The topological polar surface area (TPSA) is 82.2 Å². The molecule has 7 nitrogen and oxygen atoms in total. The summed E-state index contributed by atoms with van der Waals surface area (Å²) in [5.74, 6) is 0.280. The summed E-state index contributed by atoms with van der Waals surface area (Å²) in [6.07, 6.45) is 7.04. The van der Waals surface area contributed by atoms with Gasteiger partial charge in [-0.1, -0.05) is 5.16 Å². The van der Waals surface area contributed by atoms with E-state index in [2.05, 4.69) is 15.6 Å². The number of hydrogen-bond acceptors (Lipinski definition) is 5. The molecule has 1 amide bonds. The van der Waals surface area contributed by atoms with Gasteiger partial charge in [0.1, 0.15) is 11.3 Å². The van der Waals surface area contributed by atoms with Crippen molar-refractivity contribution < 1.29 is 14.1 Å². The van der Waals surface area contributed by atoms with Crippen molar-refractivity contribution in [2.24, 2.45) is 0 Å². The molecule has 1 saturated heterocycles. The zero-order chi connectivity index (χ0) is 15.5. The van der Waals surface area contributed by atoms with E-state index < -0.39 is 0 Å². The van der Waals surface area contributed by atoms with Crippen molar-refractivity contribution in [2.75, 3.05) is 11.9 Å². The third-order valence-corrected chi connectivity index (χ3v) is 3.82. The number of ether oxygens (including phenoxy) is 1. The second-order valence-electron chi connectivity index (χ2n) is 5.59. The number of aromatic nitrogens is 3. The van der Waals surface area contributed by atoms with E-state index in [1.54, 1.807) is 24.7 Å². The summed E-state index contributed by atoms with van der Waals surface area (Å²) < 4.78 is 12.5. The Balaban J connectivity index is 1.63. The fourth-order valence-electron chi connectivity index (χ4n) is 2.69. The molecule has 2 aromatic rings. The van der Waals surface area contributed by atoms with Gasteiger partial charge in [0.15, 0.2) is 0 Å². The first-order valence-electron chi connectivity index (χ1n) is 7.52. The van der Waals surface area contributed by atoms with Crippen LogP contribution in [0.4, 0.5) is 5.69 Å². The molecular formula is C15H20N4O3. The number of carbonyl (C=O) groups excluding carboxylic acids is 1. The quantitative estimate of drug-likeness (QED) is 0.937. The van der Waals surface area contributed by atoms with E-state index in [-0.39, 0.29) is 12.0 Å². The lowest BCUT2D eigenvalue weighted by molar-refractivity contribution is 0.00401. The van der Waals surface area contributed by atoms with Crippen molar-refractivity contribution in [1.29, 1.82) is 0 Å². The molecular weight excluding hydrogens is 284 g/mol. The first kappa shape index (κ1) is 14.8. The monoisotopic (exact) mass is 304 g/mol. The Morgan fingerprint density at radius 2 is 2.32 bits per heavy atom. The molecule has 0 saturated carbocycles. The highest BCUT2D eigenvalue weighted by Gasteiger charge is 2.19. The number of hydrogen-bond donors (Lipinski definition) is 1. The normalized spacial score (nSPS) is 18.4. The first-order chi connectivity index (χ1) is 10.6. The molecule has 22 heavy (non-hydrogen) atoms. The minimum Gasteiger partial charge on any atom is -0.376 e. The highest BCUT2D eigenvalue weighted by atomic mass is 16.5. The molecule has 2 aromatic heterocycles. The average molecular weight is 304 g/mol. The van der Waals surface area contributed by atoms with E-state index in [9.17, 15) is 4.79 Å². The minimum atomic E-state index is -0.232. The first-order valence-corrected chi connectivity index (χ1v) is 7.52. The van der Waals surface area contributed by atoms with Crippen LogP contribution in [0.2, 0.25) is 0 Å². The van der Waals surface area contributed by atoms with Gasteiger partial charge in [0.05, 0.1) is 30.2 Å². The summed E-state index contributed by atoms with van der Waals surface area (Å²) in [5, 5.41) is 10.9. The molecule has 0 radical (unpaired) electrons. The van der Waals surface area contributed by atoms with E-state index in [0.717, 1.165) is 19.4 Å². The lowest BCUT2D eigenvalue weighted by Crippen LogP contribution is -2.24. The van der Waals surface area contributed by atoms with E-state index in [1.807, 2.05) is 6.20 Å². The number of aryl methyl sites for hydroxylation is 2. The molecule has 1 aliphatic heterocycles. The van der Waals surface area contributed by atoms with Crippen molar-refractivity contribution >= 4 is 11.6 Å². The number of rotatable bonds is 4. The van der Waals surface area contributed by atoms with Crippen molar-refractivity contribution in [1.82, 2.24) is 14.9 Å². The van der Waals surface area contributed by atoms with Crippen LogP contribution in [0, 0.1) is 13.8 Å². The minimum absolute atomic E-state index is 0.208. The van der Waals surface area contributed by atoms with Crippen molar-refractivity contribution in [2.45, 2.75) is 45.8 Å². The van der Waals surface area contributed by atoms with E-state index >= 15 is 0 Å². The second kappa shape index (κ2) is 6.31. The molecule has 0 spiro atoms. The highest BCUT2D eigenvalue weighted by molar-refractivity contribution is 6.05. The SMILES string of the molecule is Cc1noc(C)c1C(=O)Nc1cnn(CC2CCCCO2)c1. The molecule has 1 unspecified atom stereocenters. The predicted octanol–water partition coefficient (Wildman–Crippen LogP) is 2.31. The molecule has 0 aromatic carbocycles. The molecule has 118 valence electrons. The summed E-state index contributed by atoms with van der Waals surface area (Å²) >= 11 is 0.